The molecule has 6 nitrogen and oxygen atoms in total. The number of esters is 1. The molecule has 5 rings (SSSR count). The fourth-order valence-electron chi connectivity index (χ4n) is 4.53. The van der Waals surface area contributed by atoms with E-state index in [2.05, 4.69) is 0 Å². The number of ether oxygens (including phenoxy) is 4. The van der Waals surface area contributed by atoms with Gasteiger partial charge in [-0.05, 0) is 60.4 Å². The van der Waals surface area contributed by atoms with Crippen LogP contribution in [0.1, 0.15) is 29.6 Å². The molecule has 35 heavy (non-hydrogen) atoms. The first-order chi connectivity index (χ1) is 17.1. The first-order valence-corrected chi connectivity index (χ1v) is 11.7. The summed E-state index contributed by atoms with van der Waals surface area (Å²) in [6.45, 7) is 0. The van der Waals surface area contributed by atoms with E-state index in [-0.39, 0.29) is 35.6 Å². The average molecular weight is 471 g/mol. The third-order valence-corrected chi connectivity index (χ3v) is 6.46. The molecule has 6 heteroatoms. The van der Waals surface area contributed by atoms with Crippen LogP contribution in [0.3, 0.4) is 0 Å². The van der Waals surface area contributed by atoms with E-state index in [0.29, 0.717) is 36.3 Å². The van der Waals surface area contributed by atoms with E-state index >= 15 is 0 Å². The van der Waals surface area contributed by atoms with Crippen LogP contribution in [-0.4, -0.2) is 31.1 Å². The molecule has 0 bridgehead atoms. The largest absolute Gasteiger partial charge is 0.497 e. The maximum absolute atomic E-state index is 13.0. The molecule has 0 N–H and O–H groups in total. The van der Waals surface area contributed by atoms with Gasteiger partial charge in [-0.1, -0.05) is 42.5 Å². The molecule has 1 heterocycles. The summed E-state index contributed by atoms with van der Waals surface area (Å²) < 4.78 is 22.5. The van der Waals surface area contributed by atoms with Crippen molar-refractivity contribution in [3.63, 3.8) is 0 Å². The van der Waals surface area contributed by atoms with Gasteiger partial charge in [0.1, 0.15) is 30.0 Å². The monoisotopic (exact) mass is 470 g/mol. The number of benzene rings is 3. The summed E-state index contributed by atoms with van der Waals surface area (Å²) in [4.78, 5) is 25.7. The number of allylic oxidation sites excluding steroid dienone is 1. The van der Waals surface area contributed by atoms with Crippen LogP contribution in [0.25, 0.3) is 11.1 Å². The zero-order valence-electron chi connectivity index (χ0n) is 19.4. The van der Waals surface area contributed by atoms with Crippen molar-refractivity contribution in [1.29, 1.82) is 0 Å². The number of Topliss-reactive ketones (excluding diaryl/α,β-unsaturated/α-hetero) is 1. The molecule has 0 saturated heterocycles. The first-order valence-electron chi connectivity index (χ1n) is 11.7. The molecule has 1 fully saturated rings. The number of fused-ring (bicyclic) bond motifs is 1. The third kappa shape index (κ3) is 5.06. The van der Waals surface area contributed by atoms with Gasteiger partial charge >= 0.3 is 5.97 Å². The second-order valence-corrected chi connectivity index (χ2v) is 8.69. The highest BCUT2D eigenvalue weighted by Crippen LogP contribution is 2.35. The van der Waals surface area contributed by atoms with Crippen molar-refractivity contribution in [1.82, 2.24) is 0 Å². The molecule has 3 aromatic carbocycles. The van der Waals surface area contributed by atoms with Gasteiger partial charge in [0.05, 0.1) is 18.6 Å². The van der Waals surface area contributed by atoms with Crippen LogP contribution < -0.4 is 9.47 Å². The molecule has 0 amide bonds. The molecule has 0 aromatic heterocycles. The lowest BCUT2D eigenvalue weighted by Gasteiger charge is -2.36. The Balaban J connectivity index is 1.18. The highest BCUT2D eigenvalue weighted by Gasteiger charge is 2.42. The summed E-state index contributed by atoms with van der Waals surface area (Å²) in [6.07, 6.45) is 2.37. The van der Waals surface area contributed by atoms with Gasteiger partial charge in [-0.15, -0.1) is 0 Å². The zero-order chi connectivity index (χ0) is 24.2. The highest BCUT2D eigenvalue weighted by molar-refractivity contribution is 5.96. The van der Waals surface area contributed by atoms with E-state index in [1.165, 1.54) is 6.26 Å². The topological polar surface area (TPSA) is 71.1 Å². The van der Waals surface area contributed by atoms with Crippen LogP contribution in [0, 0.1) is 5.92 Å². The lowest BCUT2D eigenvalue weighted by Crippen LogP contribution is -2.43. The fraction of sp³-hybridized carbons (Fsp3) is 0.241. The molecular formula is C29H26O6. The van der Waals surface area contributed by atoms with E-state index < -0.39 is 0 Å². The van der Waals surface area contributed by atoms with Gasteiger partial charge in [0.25, 0.3) is 0 Å². The molecule has 3 unspecified atom stereocenters. The predicted octanol–water partition coefficient (Wildman–Crippen LogP) is 5.58. The van der Waals surface area contributed by atoms with Crippen LogP contribution in [0.15, 0.2) is 90.9 Å². The standard InChI is InChI=1S/C29H26O6/c1-32-22-11-13-23(14-12-22)34-27-18-33-26-17-24(15-16-25(26)28(27)30)35-29(31)21-9-7-20(8-10-21)19-5-3-2-4-6-19/h2-14,18,24-26H,15-17H2,1H3. The molecular weight excluding hydrogens is 444 g/mol. The van der Waals surface area contributed by atoms with Crippen molar-refractivity contribution < 1.29 is 28.5 Å². The van der Waals surface area contributed by atoms with Gasteiger partial charge in [0.2, 0.25) is 11.5 Å². The lowest BCUT2D eigenvalue weighted by atomic mass is 9.80. The SMILES string of the molecule is COc1ccc(OC2=COC3CC(OC(=O)c4ccc(-c5ccccc5)cc4)CCC3C2=O)cc1. The van der Waals surface area contributed by atoms with Crippen LogP contribution >= 0.6 is 0 Å². The normalized spacial score (nSPS) is 21.2. The summed E-state index contributed by atoms with van der Waals surface area (Å²) in [5.74, 6) is 0.664. The second-order valence-electron chi connectivity index (χ2n) is 8.69. The van der Waals surface area contributed by atoms with E-state index in [0.717, 1.165) is 11.1 Å². The number of hydrogen-bond acceptors (Lipinski definition) is 6. The Labute approximate surface area is 204 Å². The molecule has 0 radical (unpaired) electrons. The van der Waals surface area contributed by atoms with Crippen LogP contribution in [0.4, 0.5) is 0 Å². The van der Waals surface area contributed by atoms with Gasteiger partial charge in [-0.3, -0.25) is 4.79 Å². The van der Waals surface area contributed by atoms with Gasteiger partial charge in [0, 0.05) is 6.42 Å². The van der Waals surface area contributed by atoms with Gasteiger partial charge < -0.3 is 18.9 Å². The minimum absolute atomic E-state index is 0.0849. The Hall–Kier alpha value is -4.06. The summed E-state index contributed by atoms with van der Waals surface area (Å²) in [5.41, 5.74) is 2.63. The zero-order valence-corrected chi connectivity index (χ0v) is 19.4. The van der Waals surface area contributed by atoms with E-state index in [1.54, 1.807) is 43.5 Å². The van der Waals surface area contributed by atoms with Crippen molar-refractivity contribution in [2.24, 2.45) is 5.92 Å². The number of hydrogen-bond donors (Lipinski definition) is 0. The van der Waals surface area contributed by atoms with Crippen molar-refractivity contribution in [2.45, 2.75) is 31.5 Å². The quantitative estimate of drug-likeness (QED) is 0.438. The summed E-state index contributed by atoms with van der Waals surface area (Å²) in [5, 5.41) is 0. The van der Waals surface area contributed by atoms with Gasteiger partial charge in [0.15, 0.2) is 0 Å². The minimum Gasteiger partial charge on any atom is -0.497 e. The van der Waals surface area contributed by atoms with Gasteiger partial charge in [-0.2, -0.15) is 0 Å². The maximum atomic E-state index is 13.0. The Bertz CT molecular complexity index is 1210. The minimum atomic E-state index is -0.366. The maximum Gasteiger partial charge on any atom is 0.338 e. The van der Waals surface area contributed by atoms with Crippen molar-refractivity contribution in [2.75, 3.05) is 7.11 Å². The molecule has 3 atom stereocenters. The summed E-state index contributed by atoms with van der Waals surface area (Å²) >= 11 is 0. The number of methoxy groups -OCH3 is 1. The van der Waals surface area contributed by atoms with Gasteiger partial charge in [-0.25, -0.2) is 4.79 Å². The number of rotatable bonds is 6. The number of carbonyl (C=O) groups excluding carboxylic acids is 2. The fourth-order valence-corrected chi connectivity index (χ4v) is 4.53. The Morgan fingerprint density at radius 2 is 1.54 bits per heavy atom. The van der Waals surface area contributed by atoms with Crippen molar-refractivity contribution in [3.05, 3.63) is 96.4 Å². The molecule has 178 valence electrons. The van der Waals surface area contributed by atoms with Crippen LogP contribution in [0.2, 0.25) is 0 Å². The lowest BCUT2D eigenvalue weighted by molar-refractivity contribution is -0.132. The molecule has 0 spiro atoms. The Kier molecular flexibility index (Phi) is 6.53. The predicted molar refractivity (Wildman–Crippen MR) is 130 cm³/mol. The smallest absolute Gasteiger partial charge is 0.338 e. The summed E-state index contributed by atoms with van der Waals surface area (Å²) in [6, 6.07) is 24.4. The molecule has 1 aliphatic heterocycles. The van der Waals surface area contributed by atoms with E-state index in [9.17, 15) is 9.59 Å². The summed E-state index contributed by atoms with van der Waals surface area (Å²) in [7, 11) is 1.59. The Morgan fingerprint density at radius 3 is 2.26 bits per heavy atom. The Morgan fingerprint density at radius 1 is 0.857 bits per heavy atom. The second kappa shape index (κ2) is 10.1. The number of ketones is 1. The molecule has 2 aliphatic rings. The number of carbonyl (C=O) groups is 2. The van der Waals surface area contributed by atoms with E-state index in [4.69, 9.17) is 18.9 Å². The molecule has 1 aliphatic carbocycles. The van der Waals surface area contributed by atoms with Crippen LogP contribution in [-0.2, 0) is 14.3 Å². The average Bonchev–Trinajstić information content (AvgIpc) is 2.91. The molecule has 1 saturated carbocycles. The molecule has 3 aromatic rings. The van der Waals surface area contributed by atoms with Crippen LogP contribution in [0.5, 0.6) is 11.5 Å². The highest BCUT2D eigenvalue weighted by atomic mass is 16.6. The van der Waals surface area contributed by atoms with E-state index in [1.807, 2.05) is 42.5 Å². The van der Waals surface area contributed by atoms with Crippen molar-refractivity contribution >= 4 is 11.8 Å². The van der Waals surface area contributed by atoms with Crippen molar-refractivity contribution in [3.8, 4) is 22.6 Å². The third-order valence-electron chi connectivity index (χ3n) is 6.46. The first kappa shape index (κ1) is 22.7.